The van der Waals surface area contributed by atoms with Gasteiger partial charge in [0.2, 0.25) is 0 Å². The fraction of sp³-hybridized carbons (Fsp3) is 0. The zero-order valence-electron chi connectivity index (χ0n) is 27.7. The van der Waals surface area contributed by atoms with Crippen molar-refractivity contribution >= 4 is 54.9 Å². The van der Waals surface area contributed by atoms with Crippen LogP contribution in [0.1, 0.15) is 0 Å². The molecular weight excluding hydrogens is 686 g/mol. The standard InChI is InChI=1S/C48H32BrNO/c49-40-29-38(28-39(30-40)44-24-12-25-46-45-23-7-8-26-47(45)51-48(44)46)35-16-9-15-34(27-35)37-18-11-22-43(32-37)50(41-19-5-2-6-20-41)42-21-10-17-36(31-42)33-13-3-1-4-14-33/h1-32H. The first-order valence-corrected chi connectivity index (χ1v) is 17.9. The topological polar surface area (TPSA) is 16.4 Å². The second kappa shape index (κ2) is 13.3. The van der Waals surface area contributed by atoms with Crippen LogP contribution in [0.2, 0.25) is 0 Å². The lowest BCUT2D eigenvalue weighted by Crippen LogP contribution is -2.10. The minimum atomic E-state index is 0.903. The summed E-state index contributed by atoms with van der Waals surface area (Å²) in [5, 5.41) is 2.26. The Balaban J connectivity index is 1.10. The molecule has 0 saturated heterocycles. The Kier molecular flexibility index (Phi) is 8.04. The van der Waals surface area contributed by atoms with E-state index in [1.807, 2.05) is 12.1 Å². The molecule has 0 atom stereocenters. The molecule has 9 rings (SSSR count). The molecule has 242 valence electrons. The molecule has 1 heterocycles. The lowest BCUT2D eigenvalue weighted by molar-refractivity contribution is 0.670. The van der Waals surface area contributed by atoms with Crippen molar-refractivity contribution in [3.05, 3.63) is 199 Å². The smallest absolute Gasteiger partial charge is 0.143 e. The third kappa shape index (κ3) is 6.03. The Morgan fingerprint density at radius 1 is 0.353 bits per heavy atom. The Bertz CT molecular complexity index is 2660. The average molecular weight is 719 g/mol. The number of furan rings is 1. The zero-order chi connectivity index (χ0) is 34.1. The van der Waals surface area contributed by atoms with Gasteiger partial charge in [-0.2, -0.15) is 0 Å². The van der Waals surface area contributed by atoms with Gasteiger partial charge >= 0.3 is 0 Å². The van der Waals surface area contributed by atoms with Crippen LogP contribution in [0.4, 0.5) is 17.1 Å². The zero-order valence-corrected chi connectivity index (χ0v) is 29.3. The molecule has 0 saturated carbocycles. The molecule has 0 unspecified atom stereocenters. The summed E-state index contributed by atoms with van der Waals surface area (Å²) in [6.45, 7) is 0. The third-order valence-corrected chi connectivity index (χ3v) is 9.93. The van der Waals surface area contributed by atoms with Crippen LogP contribution in [0.3, 0.4) is 0 Å². The molecule has 0 aliphatic heterocycles. The fourth-order valence-electron chi connectivity index (χ4n) is 7.07. The molecule has 2 nitrogen and oxygen atoms in total. The Hall–Kier alpha value is -6.16. The summed E-state index contributed by atoms with van der Waals surface area (Å²) in [6.07, 6.45) is 0. The minimum Gasteiger partial charge on any atom is -0.455 e. The predicted octanol–water partition coefficient (Wildman–Crippen LogP) is 14.5. The van der Waals surface area contributed by atoms with Gasteiger partial charge in [0.1, 0.15) is 11.2 Å². The van der Waals surface area contributed by atoms with E-state index in [1.165, 1.54) is 11.1 Å². The Morgan fingerprint density at radius 3 is 1.59 bits per heavy atom. The van der Waals surface area contributed by atoms with E-state index in [0.717, 1.165) is 76.9 Å². The number of nitrogens with zero attached hydrogens (tertiary/aromatic N) is 1. The average Bonchev–Trinajstić information content (AvgIpc) is 3.58. The van der Waals surface area contributed by atoms with Gasteiger partial charge in [0.05, 0.1) is 0 Å². The molecular formula is C48H32BrNO. The number of benzene rings is 8. The van der Waals surface area contributed by atoms with Gasteiger partial charge in [-0.3, -0.25) is 0 Å². The Labute approximate surface area is 306 Å². The molecule has 51 heavy (non-hydrogen) atoms. The first-order chi connectivity index (χ1) is 25.2. The summed E-state index contributed by atoms with van der Waals surface area (Å²) in [4.78, 5) is 2.33. The van der Waals surface area contributed by atoms with Crippen molar-refractivity contribution in [2.75, 3.05) is 4.90 Å². The molecule has 0 N–H and O–H groups in total. The van der Waals surface area contributed by atoms with Gasteiger partial charge in [-0.25, -0.2) is 0 Å². The van der Waals surface area contributed by atoms with Crippen molar-refractivity contribution in [2.45, 2.75) is 0 Å². The fourth-order valence-corrected chi connectivity index (χ4v) is 7.56. The molecule has 0 aliphatic rings. The van der Waals surface area contributed by atoms with Crippen molar-refractivity contribution in [2.24, 2.45) is 0 Å². The molecule has 3 heteroatoms. The maximum atomic E-state index is 6.40. The van der Waals surface area contributed by atoms with Gasteiger partial charge in [0.25, 0.3) is 0 Å². The monoisotopic (exact) mass is 717 g/mol. The van der Waals surface area contributed by atoms with Crippen LogP contribution in [0, 0.1) is 0 Å². The molecule has 0 fully saturated rings. The third-order valence-electron chi connectivity index (χ3n) is 9.47. The quantitative estimate of drug-likeness (QED) is 0.163. The van der Waals surface area contributed by atoms with Gasteiger partial charge in [0.15, 0.2) is 0 Å². The van der Waals surface area contributed by atoms with Crippen molar-refractivity contribution in [1.29, 1.82) is 0 Å². The van der Waals surface area contributed by atoms with Gasteiger partial charge < -0.3 is 9.32 Å². The molecule has 0 spiro atoms. The second-order valence-electron chi connectivity index (χ2n) is 12.7. The highest BCUT2D eigenvalue weighted by atomic mass is 79.9. The summed E-state index contributed by atoms with van der Waals surface area (Å²) in [5.74, 6) is 0. The first-order valence-electron chi connectivity index (χ1n) is 17.1. The van der Waals surface area contributed by atoms with E-state index in [1.54, 1.807) is 0 Å². The molecule has 8 aromatic carbocycles. The number of fused-ring (bicyclic) bond motifs is 3. The number of rotatable bonds is 7. The summed E-state index contributed by atoms with van der Waals surface area (Å²) in [6, 6.07) is 68.8. The lowest BCUT2D eigenvalue weighted by Gasteiger charge is -2.26. The summed E-state index contributed by atoms with van der Waals surface area (Å²) >= 11 is 3.82. The molecule has 0 aliphatic carbocycles. The maximum Gasteiger partial charge on any atom is 0.143 e. The van der Waals surface area contributed by atoms with Crippen LogP contribution < -0.4 is 4.90 Å². The normalized spacial score (nSPS) is 11.2. The number of anilines is 3. The van der Waals surface area contributed by atoms with Crippen LogP contribution in [-0.4, -0.2) is 0 Å². The molecule has 0 amide bonds. The second-order valence-corrected chi connectivity index (χ2v) is 13.6. The highest BCUT2D eigenvalue weighted by Crippen LogP contribution is 2.41. The van der Waals surface area contributed by atoms with Gasteiger partial charge in [-0.15, -0.1) is 0 Å². The highest BCUT2D eigenvalue weighted by molar-refractivity contribution is 9.10. The lowest BCUT2D eigenvalue weighted by atomic mass is 9.95. The van der Waals surface area contributed by atoms with Gasteiger partial charge in [-0.1, -0.05) is 143 Å². The summed E-state index contributed by atoms with van der Waals surface area (Å²) in [7, 11) is 0. The van der Waals surface area contributed by atoms with Crippen molar-refractivity contribution in [3.8, 4) is 44.5 Å². The number of hydrogen-bond acceptors (Lipinski definition) is 2. The van der Waals surface area contributed by atoms with Crippen LogP contribution in [-0.2, 0) is 0 Å². The number of halogens is 1. The van der Waals surface area contributed by atoms with Crippen molar-refractivity contribution < 1.29 is 4.42 Å². The molecule has 0 bridgehead atoms. The van der Waals surface area contributed by atoms with E-state index < -0.39 is 0 Å². The van der Waals surface area contributed by atoms with E-state index in [4.69, 9.17) is 4.42 Å². The SMILES string of the molecule is Brc1cc(-c2cccc(-c3cccc(N(c4ccccc4)c4cccc(-c5ccccc5)c4)c3)c2)cc(-c2cccc3c2oc2ccccc23)c1. The molecule has 1 aromatic heterocycles. The van der Waals surface area contributed by atoms with Crippen LogP contribution in [0.25, 0.3) is 66.4 Å². The van der Waals surface area contributed by atoms with E-state index in [2.05, 4.69) is 203 Å². The highest BCUT2D eigenvalue weighted by Gasteiger charge is 2.16. The largest absolute Gasteiger partial charge is 0.455 e. The van der Waals surface area contributed by atoms with Gasteiger partial charge in [-0.05, 0) is 106 Å². The number of hydrogen-bond donors (Lipinski definition) is 0. The predicted molar refractivity (Wildman–Crippen MR) is 218 cm³/mol. The van der Waals surface area contributed by atoms with Gasteiger partial charge in [0, 0.05) is 37.9 Å². The maximum absolute atomic E-state index is 6.40. The van der Waals surface area contributed by atoms with Crippen molar-refractivity contribution in [3.63, 3.8) is 0 Å². The van der Waals surface area contributed by atoms with E-state index >= 15 is 0 Å². The van der Waals surface area contributed by atoms with E-state index in [0.29, 0.717) is 0 Å². The minimum absolute atomic E-state index is 0.903. The Morgan fingerprint density at radius 2 is 0.843 bits per heavy atom. The van der Waals surface area contributed by atoms with Crippen LogP contribution in [0.15, 0.2) is 203 Å². The molecule has 0 radical (unpaired) electrons. The van der Waals surface area contributed by atoms with E-state index in [-0.39, 0.29) is 0 Å². The van der Waals surface area contributed by atoms with Crippen molar-refractivity contribution in [1.82, 2.24) is 0 Å². The number of para-hydroxylation sites is 3. The molecule has 9 aromatic rings. The summed E-state index contributed by atoms with van der Waals surface area (Å²) in [5.41, 5.74) is 14.3. The van der Waals surface area contributed by atoms with Crippen LogP contribution >= 0.6 is 15.9 Å². The van der Waals surface area contributed by atoms with Crippen LogP contribution in [0.5, 0.6) is 0 Å². The first kappa shape index (κ1) is 30.9. The summed E-state index contributed by atoms with van der Waals surface area (Å²) < 4.78 is 7.42. The van der Waals surface area contributed by atoms with E-state index in [9.17, 15) is 0 Å².